The molecule has 0 unspecified atom stereocenters. The Labute approximate surface area is 137 Å². The Kier molecular flexibility index (Phi) is 3.65. The summed E-state index contributed by atoms with van der Waals surface area (Å²) in [6, 6.07) is 6.27. The SMILES string of the molecule is Cc1nc(Cl)c(F)c2c1nc(-c1ccc(S(C)(=O)=O)cc1)n2C. The van der Waals surface area contributed by atoms with E-state index in [0.717, 1.165) is 6.26 Å². The minimum absolute atomic E-state index is 0.197. The van der Waals surface area contributed by atoms with E-state index in [1.807, 2.05) is 0 Å². The van der Waals surface area contributed by atoms with Gasteiger partial charge < -0.3 is 4.57 Å². The quantitative estimate of drug-likeness (QED) is 0.664. The van der Waals surface area contributed by atoms with Gasteiger partial charge in [0, 0.05) is 18.9 Å². The molecule has 0 bridgehead atoms. The summed E-state index contributed by atoms with van der Waals surface area (Å²) < 4.78 is 38.9. The van der Waals surface area contributed by atoms with Crippen molar-refractivity contribution in [2.24, 2.45) is 7.05 Å². The molecule has 0 radical (unpaired) electrons. The Hall–Kier alpha value is -1.99. The highest BCUT2D eigenvalue weighted by atomic mass is 35.5. The van der Waals surface area contributed by atoms with Gasteiger partial charge in [-0.2, -0.15) is 0 Å². The second-order valence-corrected chi connectivity index (χ2v) is 7.66. The fourth-order valence-corrected chi connectivity index (χ4v) is 3.31. The van der Waals surface area contributed by atoms with Gasteiger partial charge >= 0.3 is 0 Å². The second-order valence-electron chi connectivity index (χ2n) is 5.29. The fraction of sp³-hybridized carbons (Fsp3) is 0.200. The number of pyridine rings is 1. The molecule has 120 valence electrons. The number of aryl methyl sites for hydroxylation is 2. The second kappa shape index (κ2) is 5.28. The summed E-state index contributed by atoms with van der Waals surface area (Å²) in [5, 5.41) is -0.197. The predicted octanol–water partition coefficient (Wildman–Crippen LogP) is 3.14. The molecule has 23 heavy (non-hydrogen) atoms. The molecule has 0 saturated heterocycles. The smallest absolute Gasteiger partial charge is 0.186 e. The molecule has 0 saturated carbocycles. The van der Waals surface area contributed by atoms with Crippen LogP contribution in [0.1, 0.15) is 5.69 Å². The largest absolute Gasteiger partial charge is 0.325 e. The predicted molar refractivity (Wildman–Crippen MR) is 86.8 cm³/mol. The van der Waals surface area contributed by atoms with Crippen molar-refractivity contribution in [3.05, 3.63) is 40.9 Å². The molecule has 2 aromatic heterocycles. The average molecular weight is 354 g/mol. The molecule has 5 nitrogen and oxygen atoms in total. The first-order valence-electron chi connectivity index (χ1n) is 6.68. The summed E-state index contributed by atoms with van der Waals surface area (Å²) in [5.41, 5.74) is 1.90. The van der Waals surface area contributed by atoms with Crippen molar-refractivity contribution in [2.75, 3.05) is 6.26 Å². The summed E-state index contributed by atoms with van der Waals surface area (Å²) in [5.74, 6) is -0.118. The molecule has 0 atom stereocenters. The highest BCUT2D eigenvalue weighted by Gasteiger charge is 2.19. The number of rotatable bonds is 2. The van der Waals surface area contributed by atoms with E-state index in [1.54, 1.807) is 30.7 Å². The molecule has 0 aliphatic carbocycles. The molecule has 0 amide bonds. The van der Waals surface area contributed by atoms with E-state index >= 15 is 0 Å². The first-order chi connectivity index (χ1) is 10.7. The van der Waals surface area contributed by atoms with E-state index in [-0.39, 0.29) is 15.6 Å². The van der Waals surface area contributed by atoms with Crippen molar-refractivity contribution < 1.29 is 12.8 Å². The van der Waals surface area contributed by atoms with Gasteiger partial charge in [0.1, 0.15) is 16.9 Å². The number of nitrogens with zero attached hydrogens (tertiary/aromatic N) is 3. The lowest BCUT2D eigenvalue weighted by Gasteiger charge is -2.04. The zero-order valence-electron chi connectivity index (χ0n) is 12.6. The number of hydrogen-bond acceptors (Lipinski definition) is 4. The van der Waals surface area contributed by atoms with Crippen LogP contribution in [0.4, 0.5) is 4.39 Å². The standard InChI is InChI=1S/C15H13ClFN3O2S/c1-8-12-13(11(17)14(16)18-8)20(2)15(19-12)9-4-6-10(7-5-9)23(3,21)22/h4-7H,1-3H3. The maximum Gasteiger partial charge on any atom is 0.186 e. The van der Waals surface area contributed by atoms with Crippen molar-refractivity contribution >= 4 is 32.5 Å². The molecule has 2 heterocycles. The van der Waals surface area contributed by atoms with Crippen molar-refractivity contribution in [1.82, 2.24) is 14.5 Å². The van der Waals surface area contributed by atoms with Crippen LogP contribution in [0.15, 0.2) is 29.2 Å². The number of fused-ring (bicyclic) bond motifs is 1. The topological polar surface area (TPSA) is 64.8 Å². The first kappa shape index (κ1) is 15.9. The number of benzene rings is 1. The lowest BCUT2D eigenvalue weighted by Crippen LogP contribution is -1.98. The monoisotopic (exact) mass is 353 g/mol. The molecule has 0 aliphatic heterocycles. The van der Waals surface area contributed by atoms with E-state index < -0.39 is 15.7 Å². The van der Waals surface area contributed by atoms with Crippen molar-refractivity contribution in [2.45, 2.75) is 11.8 Å². The zero-order chi connectivity index (χ0) is 16.9. The van der Waals surface area contributed by atoms with Gasteiger partial charge in [0.05, 0.1) is 10.6 Å². The molecule has 3 aromatic rings. The maximum atomic E-state index is 14.3. The van der Waals surface area contributed by atoms with E-state index in [9.17, 15) is 12.8 Å². The molecule has 0 aliphatic rings. The van der Waals surface area contributed by atoms with Crippen LogP contribution in [0.5, 0.6) is 0 Å². The average Bonchev–Trinajstić information content (AvgIpc) is 2.82. The maximum absolute atomic E-state index is 14.3. The van der Waals surface area contributed by atoms with Crippen molar-refractivity contribution in [3.8, 4) is 11.4 Å². The Balaban J connectivity index is 2.23. The molecular weight excluding hydrogens is 341 g/mol. The fourth-order valence-electron chi connectivity index (χ4n) is 2.46. The van der Waals surface area contributed by atoms with Gasteiger partial charge in [-0.1, -0.05) is 11.6 Å². The highest BCUT2D eigenvalue weighted by Crippen LogP contribution is 2.29. The van der Waals surface area contributed by atoms with Crippen LogP contribution in [0, 0.1) is 12.7 Å². The van der Waals surface area contributed by atoms with Crippen LogP contribution in [-0.4, -0.2) is 29.2 Å². The Morgan fingerprint density at radius 2 is 1.78 bits per heavy atom. The number of sulfone groups is 1. The van der Waals surface area contributed by atoms with E-state index in [1.165, 1.54) is 12.1 Å². The third-order valence-electron chi connectivity index (χ3n) is 3.63. The first-order valence-corrected chi connectivity index (χ1v) is 8.95. The Morgan fingerprint density at radius 3 is 2.35 bits per heavy atom. The number of hydrogen-bond donors (Lipinski definition) is 0. The van der Waals surface area contributed by atoms with Crippen molar-refractivity contribution in [1.29, 1.82) is 0 Å². The minimum Gasteiger partial charge on any atom is -0.325 e. The van der Waals surface area contributed by atoms with Gasteiger partial charge in [0.2, 0.25) is 0 Å². The number of halogens is 2. The van der Waals surface area contributed by atoms with Crippen LogP contribution < -0.4 is 0 Å². The van der Waals surface area contributed by atoms with Crippen LogP contribution in [0.2, 0.25) is 5.15 Å². The summed E-state index contributed by atoms with van der Waals surface area (Å²) >= 11 is 5.80. The van der Waals surface area contributed by atoms with Gasteiger partial charge in [0.25, 0.3) is 0 Å². The van der Waals surface area contributed by atoms with Gasteiger partial charge in [0.15, 0.2) is 20.8 Å². The lowest BCUT2D eigenvalue weighted by molar-refractivity contribution is 0.602. The molecule has 8 heteroatoms. The zero-order valence-corrected chi connectivity index (χ0v) is 14.2. The van der Waals surface area contributed by atoms with Gasteiger partial charge in [-0.3, -0.25) is 0 Å². The molecule has 0 spiro atoms. The highest BCUT2D eigenvalue weighted by molar-refractivity contribution is 7.90. The van der Waals surface area contributed by atoms with Crippen LogP contribution in [0.25, 0.3) is 22.4 Å². The van der Waals surface area contributed by atoms with Crippen LogP contribution >= 0.6 is 11.6 Å². The summed E-state index contributed by atoms with van der Waals surface area (Å²) in [6.07, 6.45) is 1.14. The van der Waals surface area contributed by atoms with Crippen molar-refractivity contribution in [3.63, 3.8) is 0 Å². The van der Waals surface area contributed by atoms with Gasteiger partial charge in [-0.25, -0.2) is 22.8 Å². The molecule has 0 N–H and O–H groups in total. The molecule has 3 rings (SSSR count). The van der Waals surface area contributed by atoms with Gasteiger partial charge in [-0.05, 0) is 31.2 Å². The van der Waals surface area contributed by atoms with E-state index in [4.69, 9.17) is 11.6 Å². The molecular formula is C15H13ClFN3O2S. The van der Waals surface area contributed by atoms with Crippen LogP contribution in [0.3, 0.4) is 0 Å². The van der Waals surface area contributed by atoms with Gasteiger partial charge in [-0.15, -0.1) is 0 Å². The van der Waals surface area contributed by atoms with E-state index in [2.05, 4.69) is 9.97 Å². The third-order valence-corrected chi connectivity index (χ3v) is 5.01. The summed E-state index contributed by atoms with van der Waals surface area (Å²) in [4.78, 5) is 8.57. The normalized spacial score (nSPS) is 12.0. The van der Waals surface area contributed by atoms with E-state index in [0.29, 0.717) is 22.6 Å². The van der Waals surface area contributed by atoms with Crippen LogP contribution in [-0.2, 0) is 16.9 Å². The minimum atomic E-state index is -3.27. The Bertz CT molecular complexity index is 1030. The number of imidazole rings is 1. The summed E-state index contributed by atoms with van der Waals surface area (Å²) in [6.45, 7) is 1.71. The molecule has 0 fully saturated rings. The number of aromatic nitrogens is 3. The lowest BCUT2D eigenvalue weighted by atomic mass is 10.2. The molecule has 1 aromatic carbocycles. The Morgan fingerprint density at radius 1 is 1.17 bits per heavy atom. The third kappa shape index (κ3) is 2.60. The summed E-state index contributed by atoms with van der Waals surface area (Å²) in [7, 11) is -1.60.